The highest BCUT2D eigenvalue weighted by Gasteiger charge is 2.41. The van der Waals surface area contributed by atoms with E-state index in [-0.39, 0.29) is 24.1 Å². The van der Waals surface area contributed by atoms with Crippen LogP contribution in [0.25, 0.3) is 0 Å². The Morgan fingerprint density at radius 3 is 2.29 bits per heavy atom. The van der Waals surface area contributed by atoms with Crippen molar-refractivity contribution in [2.45, 2.75) is 25.8 Å². The predicted octanol–water partition coefficient (Wildman–Crippen LogP) is 2.17. The molecule has 24 heavy (non-hydrogen) atoms. The molecule has 1 saturated heterocycles. The Bertz CT molecular complexity index is 528. The van der Waals surface area contributed by atoms with Gasteiger partial charge in [0.05, 0.1) is 0 Å². The molecule has 1 aliphatic rings. The smallest absolute Gasteiger partial charge is 0.349 e. The lowest BCUT2D eigenvalue weighted by Crippen LogP contribution is -2.55. The number of piperazine rings is 1. The summed E-state index contributed by atoms with van der Waals surface area (Å²) in [5.41, 5.74) is -0.275. The fourth-order valence-electron chi connectivity index (χ4n) is 3.03. The Balaban J connectivity index is 1.97. The average molecular weight is 339 g/mol. The van der Waals surface area contributed by atoms with Crippen molar-refractivity contribution in [3.8, 4) is 0 Å². The number of rotatable bonds is 6. The molecular weight excluding hydrogens is 312 g/mol. The van der Waals surface area contributed by atoms with Crippen LogP contribution in [-0.4, -0.2) is 61.5 Å². The molecule has 0 unspecified atom stereocenters. The fourth-order valence-corrected chi connectivity index (χ4v) is 3.03. The van der Waals surface area contributed by atoms with Crippen LogP contribution in [0.5, 0.6) is 0 Å². The normalized spacial score (nSPS) is 18.6. The highest BCUT2D eigenvalue weighted by Crippen LogP contribution is 2.28. The summed E-state index contributed by atoms with van der Waals surface area (Å²) < 4.78 is 28.5. The number of amides is 1. The Morgan fingerprint density at radius 2 is 1.75 bits per heavy atom. The number of nitrogens with one attached hydrogen (secondary N) is 1. The summed E-state index contributed by atoms with van der Waals surface area (Å²) in [7, 11) is 2.07. The molecule has 1 fully saturated rings. The second kappa shape index (κ2) is 8.03. The maximum Gasteiger partial charge on any atom is 0.349 e. The highest BCUT2D eigenvalue weighted by molar-refractivity contribution is 5.84. The van der Waals surface area contributed by atoms with Gasteiger partial charge in [0, 0.05) is 44.3 Å². The van der Waals surface area contributed by atoms with Crippen molar-refractivity contribution in [1.29, 1.82) is 0 Å². The lowest BCUT2D eigenvalue weighted by Gasteiger charge is -2.40. The quantitative estimate of drug-likeness (QED) is 0.863. The number of likely N-dealkylation sites (N-methyl/N-ethyl adjacent to an activating group) is 1. The third-order valence-electron chi connectivity index (χ3n) is 4.67. The molecule has 1 aliphatic heterocycles. The lowest BCUT2D eigenvalue weighted by atomic mass is 10.0. The first-order valence-electron chi connectivity index (χ1n) is 8.46. The predicted molar refractivity (Wildman–Crippen MR) is 91.0 cm³/mol. The van der Waals surface area contributed by atoms with Gasteiger partial charge in [-0.25, -0.2) is 0 Å². The summed E-state index contributed by atoms with van der Waals surface area (Å²) in [5, 5.41) is 2.47. The summed E-state index contributed by atoms with van der Waals surface area (Å²) in [5.74, 6) is -4.46. The zero-order valence-corrected chi connectivity index (χ0v) is 14.6. The van der Waals surface area contributed by atoms with Gasteiger partial charge in [-0.1, -0.05) is 44.2 Å². The molecular formula is C18H27F2N3O. The Morgan fingerprint density at radius 1 is 1.17 bits per heavy atom. The van der Waals surface area contributed by atoms with Crippen LogP contribution in [-0.2, 0) is 10.7 Å². The number of carbonyl (C=O) groups is 1. The van der Waals surface area contributed by atoms with Gasteiger partial charge >= 0.3 is 5.92 Å². The average Bonchev–Trinajstić information content (AvgIpc) is 2.57. The maximum atomic E-state index is 14.3. The Kier molecular flexibility index (Phi) is 6.29. The Hall–Kier alpha value is -1.53. The molecule has 0 spiro atoms. The molecule has 0 aromatic heterocycles. The molecule has 6 heteroatoms. The number of benzene rings is 1. The number of halogens is 2. The molecule has 0 bridgehead atoms. The SMILES string of the molecule is CC(C)[C@H](CNC(=O)C(F)(F)c1ccccc1)N1CCN(C)CC1. The van der Waals surface area contributed by atoms with E-state index in [1.165, 1.54) is 24.3 Å². The molecule has 1 heterocycles. The van der Waals surface area contributed by atoms with Crippen LogP contribution < -0.4 is 5.32 Å². The number of alkyl halides is 2. The minimum atomic E-state index is -3.51. The molecule has 4 nitrogen and oxygen atoms in total. The van der Waals surface area contributed by atoms with Crippen LogP contribution in [0.4, 0.5) is 8.78 Å². The summed E-state index contributed by atoms with van der Waals surface area (Å²) >= 11 is 0. The summed E-state index contributed by atoms with van der Waals surface area (Å²) in [6, 6.07) is 7.30. The Labute approximate surface area is 142 Å². The zero-order valence-electron chi connectivity index (χ0n) is 14.6. The van der Waals surface area contributed by atoms with E-state index >= 15 is 0 Å². The van der Waals surface area contributed by atoms with Crippen molar-refractivity contribution in [3.05, 3.63) is 35.9 Å². The molecule has 1 amide bonds. The van der Waals surface area contributed by atoms with Crippen molar-refractivity contribution in [3.63, 3.8) is 0 Å². The summed E-state index contributed by atoms with van der Waals surface area (Å²) in [6.45, 7) is 8.06. The van der Waals surface area contributed by atoms with Gasteiger partial charge in [-0.05, 0) is 13.0 Å². The van der Waals surface area contributed by atoms with E-state index in [4.69, 9.17) is 0 Å². The van der Waals surface area contributed by atoms with Crippen molar-refractivity contribution in [2.24, 2.45) is 5.92 Å². The molecule has 0 saturated carbocycles. The second-order valence-electron chi connectivity index (χ2n) is 6.80. The van der Waals surface area contributed by atoms with E-state index in [0.29, 0.717) is 0 Å². The van der Waals surface area contributed by atoms with E-state index in [1.807, 2.05) is 0 Å². The van der Waals surface area contributed by atoms with Crippen LogP contribution in [0.15, 0.2) is 30.3 Å². The first-order chi connectivity index (χ1) is 11.3. The minimum Gasteiger partial charge on any atom is -0.349 e. The highest BCUT2D eigenvalue weighted by atomic mass is 19.3. The fraction of sp³-hybridized carbons (Fsp3) is 0.611. The van der Waals surface area contributed by atoms with Crippen LogP contribution in [0, 0.1) is 5.92 Å². The minimum absolute atomic E-state index is 0.0641. The molecule has 1 aromatic carbocycles. The van der Waals surface area contributed by atoms with E-state index in [0.717, 1.165) is 26.2 Å². The molecule has 1 aromatic rings. The van der Waals surface area contributed by atoms with Crippen LogP contribution in [0.3, 0.4) is 0 Å². The third-order valence-corrected chi connectivity index (χ3v) is 4.67. The van der Waals surface area contributed by atoms with E-state index in [9.17, 15) is 13.6 Å². The van der Waals surface area contributed by atoms with Crippen LogP contribution in [0.1, 0.15) is 19.4 Å². The van der Waals surface area contributed by atoms with Gasteiger partial charge in [-0.3, -0.25) is 9.69 Å². The molecule has 0 aliphatic carbocycles. The van der Waals surface area contributed by atoms with E-state index in [1.54, 1.807) is 6.07 Å². The van der Waals surface area contributed by atoms with Gasteiger partial charge in [0.15, 0.2) is 0 Å². The van der Waals surface area contributed by atoms with E-state index in [2.05, 4.69) is 36.0 Å². The molecule has 2 rings (SSSR count). The molecule has 1 atom stereocenters. The van der Waals surface area contributed by atoms with Crippen molar-refractivity contribution >= 4 is 5.91 Å². The first-order valence-corrected chi connectivity index (χ1v) is 8.46. The number of nitrogens with zero attached hydrogens (tertiary/aromatic N) is 2. The van der Waals surface area contributed by atoms with Crippen molar-refractivity contribution < 1.29 is 13.6 Å². The van der Waals surface area contributed by atoms with Crippen LogP contribution >= 0.6 is 0 Å². The number of hydrogen-bond acceptors (Lipinski definition) is 3. The van der Waals surface area contributed by atoms with Gasteiger partial charge in [-0.2, -0.15) is 8.78 Å². The van der Waals surface area contributed by atoms with Gasteiger partial charge in [-0.15, -0.1) is 0 Å². The standard InChI is InChI=1S/C18H27F2N3O/c1-14(2)16(23-11-9-22(3)10-12-23)13-21-17(24)18(19,20)15-7-5-4-6-8-15/h4-8,14,16H,9-13H2,1-3H3,(H,21,24)/t16-/m0/s1. The largest absolute Gasteiger partial charge is 0.349 e. The first kappa shape index (κ1) is 18.8. The second-order valence-corrected chi connectivity index (χ2v) is 6.80. The molecule has 1 N–H and O–H groups in total. The zero-order chi connectivity index (χ0) is 17.7. The molecule has 134 valence electrons. The van der Waals surface area contributed by atoms with Gasteiger partial charge in [0.1, 0.15) is 0 Å². The number of hydrogen-bond donors (Lipinski definition) is 1. The van der Waals surface area contributed by atoms with Gasteiger partial charge in [0.25, 0.3) is 5.91 Å². The molecule has 0 radical (unpaired) electrons. The number of carbonyl (C=O) groups excluding carboxylic acids is 1. The summed E-state index contributed by atoms with van der Waals surface area (Å²) in [4.78, 5) is 16.6. The van der Waals surface area contributed by atoms with Gasteiger partial charge in [0.2, 0.25) is 0 Å². The monoisotopic (exact) mass is 339 g/mol. The lowest BCUT2D eigenvalue weighted by molar-refractivity contribution is -0.147. The maximum absolute atomic E-state index is 14.3. The summed E-state index contributed by atoms with van der Waals surface area (Å²) in [6.07, 6.45) is 0. The van der Waals surface area contributed by atoms with E-state index < -0.39 is 11.8 Å². The van der Waals surface area contributed by atoms with Crippen molar-refractivity contribution in [1.82, 2.24) is 15.1 Å². The van der Waals surface area contributed by atoms with Crippen molar-refractivity contribution in [2.75, 3.05) is 39.8 Å². The van der Waals surface area contributed by atoms with Gasteiger partial charge < -0.3 is 10.2 Å². The third kappa shape index (κ3) is 4.51. The topological polar surface area (TPSA) is 35.6 Å². The van der Waals surface area contributed by atoms with Crippen LogP contribution in [0.2, 0.25) is 0 Å².